The highest BCUT2D eigenvalue weighted by Gasteiger charge is 2.07. The summed E-state index contributed by atoms with van der Waals surface area (Å²) in [5, 5.41) is 3.33. The van der Waals surface area contributed by atoms with Crippen molar-refractivity contribution in [3.8, 4) is 5.75 Å². The van der Waals surface area contributed by atoms with Gasteiger partial charge >= 0.3 is 0 Å². The molecule has 0 aliphatic heterocycles. The Labute approximate surface area is 105 Å². The lowest BCUT2D eigenvalue weighted by Gasteiger charge is -2.17. The van der Waals surface area contributed by atoms with Crippen molar-refractivity contribution in [3.63, 3.8) is 0 Å². The number of nitrogens with one attached hydrogen (secondary N) is 1. The molecule has 1 aromatic carbocycles. The van der Waals surface area contributed by atoms with Gasteiger partial charge in [-0.3, -0.25) is 0 Å². The Kier molecular flexibility index (Phi) is 6.06. The average Bonchev–Trinajstić information content (AvgIpc) is 2.31. The van der Waals surface area contributed by atoms with E-state index in [2.05, 4.69) is 51.2 Å². The molecular formula is C15H25NO. The third-order valence-corrected chi connectivity index (χ3v) is 3.10. The van der Waals surface area contributed by atoms with Crippen LogP contribution in [0.2, 0.25) is 0 Å². The molecule has 1 unspecified atom stereocenters. The Bertz CT molecular complexity index is 336. The molecule has 1 rings (SSSR count). The summed E-state index contributed by atoms with van der Waals surface area (Å²) in [6.07, 6.45) is 2.55. The van der Waals surface area contributed by atoms with Gasteiger partial charge in [0, 0.05) is 0 Å². The fraction of sp³-hybridized carbons (Fsp3) is 0.600. The van der Waals surface area contributed by atoms with E-state index in [1.165, 1.54) is 17.5 Å². The number of rotatable bonds is 7. The van der Waals surface area contributed by atoms with Crippen LogP contribution >= 0.6 is 0 Å². The van der Waals surface area contributed by atoms with Gasteiger partial charge in [0.1, 0.15) is 5.75 Å². The molecule has 2 nitrogen and oxygen atoms in total. The van der Waals surface area contributed by atoms with Gasteiger partial charge in [-0.1, -0.05) is 19.1 Å². The van der Waals surface area contributed by atoms with Crippen LogP contribution in [0, 0.1) is 13.8 Å². The lowest BCUT2D eigenvalue weighted by Crippen LogP contribution is -2.18. The molecule has 1 atom stereocenters. The van der Waals surface area contributed by atoms with Crippen LogP contribution < -0.4 is 10.1 Å². The fourth-order valence-electron chi connectivity index (χ4n) is 1.82. The minimum Gasteiger partial charge on any atom is -0.490 e. The molecule has 0 bridgehead atoms. The van der Waals surface area contributed by atoms with Crippen molar-refractivity contribution in [2.75, 3.05) is 13.1 Å². The molecule has 2 heteroatoms. The zero-order chi connectivity index (χ0) is 12.7. The first-order chi connectivity index (χ1) is 8.15. The summed E-state index contributed by atoms with van der Waals surface area (Å²) in [7, 11) is 0. The minimum atomic E-state index is 0.286. The van der Waals surface area contributed by atoms with Crippen molar-refractivity contribution < 1.29 is 4.74 Å². The maximum atomic E-state index is 5.98. The molecule has 0 saturated heterocycles. The first kappa shape index (κ1) is 14.0. The summed E-state index contributed by atoms with van der Waals surface area (Å²) in [5.74, 6) is 1.03. The SMILES string of the molecule is CCNCCCC(C)Oc1cccc(C)c1C. The molecule has 0 saturated carbocycles. The molecule has 0 aliphatic rings. The largest absolute Gasteiger partial charge is 0.490 e. The highest BCUT2D eigenvalue weighted by Crippen LogP contribution is 2.22. The Morgan fingerprint density at radius 2 is 2.06 bits per heavy atom. The highest BCUT2D eigenvalue weighted by atomic mass is 16.5. The van der Waals surface area contributed by atoms with Gasteiger partial charge < -0.3 is 10.1 Å². The van der Waals surface area contributed by atoms with E-state index in [9.17, 15) is 0 Å². The minimum absolute atomic E-state index is 0.286. The zero-order valence-corrected chi connectivity index (χ0v) is 11.5. The van der Waals surface area contributed by atoms with Crippen LogP contribution in [0.15, 0.2) is 18.2 Å². The van der Waals surface area contributed by atoms with Crippen LogP contribution in [0.3, 0.4) is 0 Å². The topological polar surface area (TPSA) is 21.3 Å². The number of aryl methyl sites for hydroxylation is 1. The maximum Gasteiger partial charge on any atom is 0.122 e. The number of benzene rings is 1. The molecule has 0 amide bonds. The van der Waals surface area contributed by atoms with E-state index in [1.54, 1.807) is 0 Å². The lowest BCUT2D eigenvalue weighted by atomic mass is 10.1. The Morgan fingerprint density at radius 1 is 1.29 bits per heavy atom. The maximum absolute atomic E-state index is 5.98. The van der Waals surface area contributed by atoms with Gasteiger partial charge in [-0.05, 0) is 63.9 Å². The summed E-state index contributed by atoms with van der Waals surface area (Å²) < 4.78 is 5.98. The molecule has 0 spiro atoms. The van der Waals surface area contributed by atoms with E-state index < -0.39 is 0 Å². The van der Waals surface area contributed by atoms with Gasteiger partial charge in [0.05, 0.1) is 6.10 Å². The Morgan fingerprint density at radius 3 is 2.76 bits per heavy atom. The van der Waals surface area contributed by atoms with Crippen LogP contribution in [0.5, 0.6) is 5.75 Å². The number of ether oxygens (including phenoxy) is 1. The van der Waals surface area contributed by atoms with E-state index in [0.717, 1.165) is 25.3 Å². The quantitative estimate of drug-likeness (QED) is 0.731. The standard InChI is InChI=1S/C15H25NO/c1-5-16-11-7-9-13(3)17-15-10-6-8-12(2)14(15)4/h6,8,10,13,16H,5,7,9,11H2,1-4H3. The lowest BCUT2D eigenvalue weighted by molar-refractivity contribution is 0.206. The molecule has 17 heavy (non-hydrogen) atoms. The van der Waals surface area contributed by atoms with Gasteiger partial charge in [-0.2, -0.15) is 0 Å². The van der Waals surface area contributed by atoms with E-state index >= 15 is 0 Å². The average molecular weight is 235 g/mol. The van der Waals surface area contributed by atoms with Crippen molar-refractivity contribution in [1.82, 2.24) is 5.32 Å². The van der Waals surface area contributed by atoms with Gasteiger partial charge in [-0.25, -0.2) is 0 Å². The summed E-state index contributed by atoms with van der Waals surface area (Å²) >= 11 is 0. The van der Waals surface area contributed by atoms with Gasteiger partial charge in [0.2, 0.25) is 0 Å². The van der Waals surface area contributed by atoms with Crippen molar-refractivity contribution in [1.29, 1.82) is 0 Å². The van der Waals surface area contributed by atoms with Crippen LogP contribution in [0.1, 0.15) is 37.8 Å². The van der Waals surface area contributed by atoms with Crippen LogP contribution in [0.4, 0.5) is 0 Å². The van der Waals surface area contributed by atoms with Crippen molar-refractivity contribution in [2.45, 2.75) is 46.6 Å². The molecular weight excluding hydrogens is 210 g/mol. The second-order valence-electron chi connectivity index (χ2n) is 4.62. The van der Waals surface area contributed by atoms with Crippen LogP contribution in [-0.4, -0.2) is 19.2 Å². The second-order valence-corrected chi connectivity index (χ2v) is 4.62. The third kappa shape index (κ3) is 4.78. The zero-order valence-electron chi connectivity index (χ0n) is 11.5. The highest BCUT2D eigenvalue weighted by molar-refractivity contribution is 5.38. The third-order valence-electron chi connectivity index (χ3n) is 3.10. The van der Waals surface area contributed by atoms with E-state index in [4.69, 9.17) is 4.74 Å². The van der Waals surface area contributed by atoms with E-state index in [-0.39, 0.29) is 6.10 Å². The van der Waals surface area contributed by atoms with Crippen LogP contribution in [0.25, 0.3) is 0 Å². The Hall–Kier alpha value is -1.02. The Balaban J connectivity index is 2.39. The monoisotopic (exact) mass is 235 g/mol. The summed E-state index contributed by atoms with van der Waals surface area (Å²) in [6.45, 7) is 10.7. The predicted molar refractivity (Wildman–Crippen MR) is 73.8 cm³/mol. The number of hydrogen-bond donors (Lipinski definition) is 1. The van der Waals surface area contributed by atoms with Crippen molar-refractivity contribution in [2.24, 2.45) is 0 Å². The van der Waals surface area contributed by atoms with E-state index in [1.807, 2.05) is 0 Å². The fourth-order valence-corrected chi connectivity index (χ4v) is 1.82. The molecule has 0 fully saturated rings. The summed E-state index contributed by atoms with van der Waals surface area (Å²) in [6, 6.07) is 6.24. The number of hydrogen-bond acceptors (Lipinski definition) is 2. The predicted octanol–water partition coefficient (Wildman–Crippen LogP) is 3.46. The molecule has 0 aromatic heterocycles. The molecule has 0 heterocycles. The first-order valence-corrected chi connectivity index (χ1v) is 6.58. The summed E-state index contributed by atoms with van der Waals surface area (Å²) in [4.78, 5) is 0. The normalized spacial score (nSPS) is 12.5. The summed E-state index contributed by atoms with van der Waals surface area (Å²) in [5.41, 5.74) is 2.55. The van der Waals surface area contributed by atoms with Gasteiger partial charge in [0.25, 0.3) is 0 Å². The van der Waals surface area contributed by atoms with Crippen molar-refractivity contribution in [3.05, 3.63) is 29.3 Å². The van der Waals surface area contributed by atoms with Gasteiger partial charge in [-0.15, -0.1) is 0 Å². The second kappa shape index (κ2) is 7.33. The molecule has 1 N–H and O–H groups in total. The van der Waals surface area contributed by atoms with E-state index in [0.29, 0.717) is 0 Å². The molecule has 1 aromatic rings. The van der Waals surface area contributed by atoms with Gasteiger partial charge in [0.15, 0.2) is 0 Å². The molecule has 0 aliphatic carbocycles. The smallest absolute Gasteiger partial charge is 0.122 e. The molecule has 96 valence electrons. The van der Waals surface area contributed by atoms with Crippen molar-refractivity contribution >= 4 is 0 Å². The first-order valence-electron chi connectivity index (χ1n) is 6.58. The molecule has 0 radical (unpaired) electrons. The van der Waals surface area contributed by atoms with Crippen LogP contribution in [-0.2, 0) is 0 Å².